The van der Waals surface area contributed by atoms with E-state index in [1.54, 1.807) is 6.07 Å². The topological polar surface area (TPSA) is 50.1 Å². The number of unbranched alkanes of at least 4 members (excludes halogenated alkanes) is 1. The van der Waals surface area contributed by atoms with Crippen LogP contribution in [-0.4, -0.2) is 5.97 Å². The van der Waals surface area contributed by atoms with E-state index in [1.165, 1.54) is 12.1 Å². The zero-order valence-electron chi connectivity index (χ0n) is 13.4. The molecule has 23 heavy (non-hydrogen) atoms. The van der Waals surface area contributed by atoms with Gasteiger partial charge in [-0.15, -0.1) is 0 Å². The fourth-order valence-corrected chi connectivity index (χ4v) is 2.85. The molecule has 2 rings (SSSR count). The van der Waals surface area contributed by atoms with Crippen molar-refractivity contribution in [3.8, 4) is 11.8 Å². The number of carbonyl (C=O) groups is 1. The molecule has 0 aromatic heterocycles. The lowest BCUT2D eigenvalue weighted by atomic mass is 9.82. The van der Waals surface area contributed by atoms with E-state index in [0.717, 1.165) is 44.6 Å². The average Bonchev–Trinajstić information content (AvgIpc) is 2.56. The number of nitriles is 1. The maximum Gasteiger partial charge on any atom is 0.314 e. The summed E-state index contributed by atoms with van der Waals surface area (Å²) >= 11 is 0. The SMILES string of the molecule is CCCC=CC1CCC(C(=O)Oc2ccc(C#N)c(F)c2)CC1. The first-order valence-electron chi connectivity index (χ1n) is 8.22. The van der Waals surface area contributed by atoms with E-state index in [4.69, 9.17) is 10.00 Å². The maximum absolute atomic E-state index is 13.5. The van der Waals surface area contributed by atoms with E-state index in [9.17, 15) is 9.18 Å². The van der Waals surface area contributed by atoms with Crippen LogP contribution in [0.15, 0.2) is 30.4 Å². The number of hydrogen-bond acceptors (Lipinski definition) is 3. The molecule has 0 amide bonds. The van der Waals surface area contributed by atoms with E-state index >= 15 is 0 Å². The summed E-state index contributed by atoms with van der Waals surface area (Å²) in [4.78, 5) is 12.2. The number of carbonyl (C=O) groups excluding carboxylic acids is 1. The summed E-state index contributed by atoms with van der Waals surface area (Å²) in [5, 5.41) is 8.69. The lowest BCUT2D eigenvalue weighted by Gasteiger charge is -2.25. The Morgan fingerprint density at radius 3 is 2.74 bits per heavy atom. The molecule has 1 aliphatic rings. The Morgan fingerprint density at radius 2 is 2.13 bits per heavy atom. The molecule has 0 atom stereocenters. The summed E-state index contributed by atoms with van der Waals surface area (Å²) in [5.41, 5.74) is -0.0517. The molecule has 1 saturated carbocycles. The first-order valence-corrected chi connectivity index (χ1v) is 8.22. The molecule has 0 spiro atoms. The molecule has 0 aliphatic heterocycles. The zero-order valence-corrected chi connectivity index (χ0v) is 13.4. The molecule has 0 bridgehead atoms. The molecule has 3 nitrogen and oxygen atoms in total. The molecule has 1 aliphatic carbocycles. The van der Waals surface area contributed by atoms with Gasteiger partial charge in [0.2, 0.25) is 0 Å². The minimum Gasteiger partial charge on any atom is -0.426 e. The summed E-state index contributed by atoms with van der Waals surface area (Å²) in [5.74, 6) is -0.369. The Morgan fingerprint density at radius 1 is 1.39 bits per heavy atom. The molecule has 1 aromatic rings. The highest BCUT2D eigenvalue weighted by atomic mass is 19.1. The lowest BCUT2D eigenvalue weighted by Crippen LogP contribution is -2.25. The highest BCUT2D eigenvalue weighted by Crippen LogP contribution is 2.31. The van der Waals surface area contributed by atoms with Crippen LogP contribution in [0, 0.1) is 29.0 Å². The van der Waals surface area contributed by atoms with Gasteiger partial charge in [-0.3, -0.25) is 4.79 Å². The van der Waals surface area contributed by atoms with Crippen LogP contribution < -0.4 is 4.74 Å². The van der Waals surface area contributed by atoms with Crippen LogP contribution >= 0.6 is 0 Å². The van der Waals surface area contributed by atoms with Crippen molar-refractivity contribution in [1.29, 1.82) is 5.26 Å². The second-order valence-corrected chi connectivity index (χ2v) is 6.00. The molecule has 0 heterocycles. The van der Waals surface area contributed by atoms with Crippen LogP contribution in [0.25, 0.3) is 0 Å². The number of allylic oxidation sites excluding steroid dienone is 2. The molecule has 0 N–H and O–H groups in total. The van der Waals surface area contributed by atoms with E-state index in [0.29, 0.717) is 5.92 Å². The third-order valence-electron chi connectivity index (χ3n) is 4.25. The first-order chi connectivity index (χ1) is 11.1. The van der Waals surface area contributed by atoms with Gasteiger partial charge in [0.05, 0.1) is 11.5 Å². The molecule has 1 fully saturated rings. The van der Waals surface area contributed by atoms with E-state index in [2.05, 4.69) is 19.1 Å². The van der Waals surface area contributed by atoms with Gasteiger partial charge < -0.3 is 4.74 Å². The Hall–Kier alpha value is -2.15. The quantitative estimate of drug-likeness (QED) is 0.447. The van der Waals surface area contributed by atoms with Gasteiger partial charge >= 0.3 is 5.97 Å². The van der Waals surface area contributed by atoms with E-state index in [-0.39, 0.29) is 23.2 Å². The summed E-state index contributed by atoms with van der Waals surface area (Å²) in [6.45, 7) is 2.16. The number of ether oxygens (including phenoxy) is 1. The second kappa shape index (κ2) is 8.47. The highest BCUT2D eigenvalue weighted by Gasteiger charge is 2.26. The fourth-order valence-electron chi connectivity index (χ4n) is 2.85. The largest absolute Gasteiger partial charge is 0.426 e. The predicted octanol–water partition coefficient (Wildman–Crippen LogP) is 4.77. The number of nitrogens with zero attached hydrogens (tertiary/aromatic N) is 1. The van der Waals surface area contributed by atoms with Crippen molar-refractivity contribution < 1.29 is 13.9 Å². The molecule has 0 saturated heterocycles. The first kappa shape index (κ1) is 17.2. The van der Waals surface area contributed by atoms with Crippen molar-refractivity contribution in [2.24, 2.45) is 11.8 Å². The van der Waals surface area contributed by atoms with Gasteiger partial charge in [-0.05, 0) is 50.2 Å². The standard InChI is InChI=1S/C19H22FNO2/c1-2-3-4-5-14-6-8-15(9-7-14)19(22)23-17-11-10-16(13-21)18(20)12-17/h4-5,10-12,14-15H,2-3,6-9H2,1H3. The molecule has 4 heteroatoms. The normalized spacial score (nSPS) is 21.1. The number of esters is 1. The predicted molar refractivity (Wildman–Crippen MR) is 86.2 cm³/mol. The number of halogens is 1. The zero-order chi connectivity index (χ0) is 16.7. The monoisotopic (exact) mass is 315 g/mol. The average molecular weight is 315 g/mol. The van der Waals surface area contributed by atoms with Gasteiger partial charge in [-0.2, -0.15) is 5.26 Å². The Labute approximate surface area is 136 Å². The lowest BCUT2D eigenvalue weighted by molar-refractivity contribution is -0.140. The van der Waals surface area contributed by atoms with Crippen molar-refractivity contribution >= 4 is 5.97 Å². The van der Waals surface area contributed by atoms with Crippen LogP contribution in [0.2, 0.25) is 0 Å². The molecular formula is C19H22FNO2. The smallest absolute Gasteiger partial charge is 0.314 e. The third kappa shape index (κ3) is 4.92. The van der Waals surface area contributed by atoms with E-state index < -0.39 is 5.82 Å². The van der Waals surface area contributed by atoms with Crippen molar-refractivity contribution in [3.05, 3.63) is 41.7 Å². The van der Waals surface area contributed by atoms with Gasteiger partial charge in [0.1, 0.15) is 17.6 Å². The third-order valence-corrected chi connectivity index (χ3v) is 4.25. The second-order valence-electron chi connectivity index (χ2n) is 6.00. The van der Waals surface area contributed by atoms with Gasteiger partial charge in [-0.1, -0.05) is 25.5 Å². The Kier molecular flexibility index (Phi) is 6.34. The summed E-state index contributed by atoms with van der Waals surface area (Å²) < 4.78 is 18.8. The van der Waals surface area contributed by atoms with Crippen LogP contribution in [0.3, 0.4) is 0 Å². The van der Waals surface area contributed by atoms with Crippen molar-refractivity contribution in [2.45, 2.75) is 45.4 Å². The van der Waals surface area contributed by atoms with Crippen molar-refractivity contribution in [1.82, 2.24) is 0 Å². The molecule has 1 aromatic carbocycles. The van der Waals surface area contributed by atoms with Crippen molar-refractivity contribution in [3.63, 3.8) is 0 Å². The Balaban J connectivity index is 1.86. The van der Waals surface area contributed by atoms with Crippen molar-refractivity contribution in [2.75, 3.05) is 0 Å². The van der Waals surface area contributed by atoms with Gasteiger partial charge in [-0.25, -0.2) is 4.39 Å². The van der Waals surface area contributed by atoms with Crippen LogP contribution in [0.5, 0.6) is 5.75 Å². The van der Waals surface area contributed by atoms with Gasteiger partial charge in [0, 0.05) is 6.07 Å². The molecule has 0 unspecified atom stereocenters. The summed E-state index contributed by atoms with van der Waals surface area (Å²) in [6, 6.07) is 5.62. The fraction of sp³-hybridized carbons (Fsp3) is 0.474. The van der Waals surface area contributed by atoms with Crippen LogP contribution in [-0.2, 0) is 4.79 Å². The number of hydrogen-bond donors (Lipinski definition) is 0. The van der Waals surface area contributed by atoms with Crippen LogP contribution in [0.4, 0.5) is 4.39 Å². The van der Waals surface area contributed by atoms with Gasteiger partial charge in [0.25, 0.3) is 0 Å². The molecule has 122 valence electrons. The summed E-state index contributed by atoms with van der Waals surface area (Å²) in [6.07, 6.45) is 10.3. The highest BCUT2D eigenvalue weighted by molar-refractivity contribution is 5.75. The van der Waals surface area contributed by atoms with Gasteiger partial charge in [0.15, 0.2) is 0 Å². The molecular weight excluding hydrogens is 293 g/mol. The maximum atomic E-state index is 13.5. The molecule has 0 radical (unpaired) electrons. The minimum absolute atomic E-state index is 0.0517. The van der Waals surface area contributed by atoms with E-state index in [1.807, 2.05) is 0 Å². The number of benzene rings is 1. The minimum atomic E-state index is -0.664. The van der Waals surface area contributed by atoms with Crippen LogP contribution in [0.1, 0.15) is 51.0 Å². The number of rotatable bonds is 5. The Bertz CT molecular complexity index is 610. The summed E-state index contributed by atoms with van der Waals surface area (Å²) in [7, 11) is 0.